The minimum atomic E-state index is -0.515. The van der Waals surface area contributed by atoms with Gasteiger partial charge in [-0.3, -0.25) is 9.69 Å². The lowest BCUT2D eigenvalue weighted by molar-refractivity contribution is -0.126. The topological polar surface area (TPSA) is 51.0 Å². The number of amides is 1. The van der Waals surface area contributed by atoms with Crippen LogP contribution in [0.15, 0.2) is 60.9 Å². The molecule has 0 fully saturated rings. The van der Waals surface area contributed by atoms with Crippen LogP contribution in [0, 0.1) is 12.3 Å². The van der Waals surface area contributed by atoms with Crippen LogP contribution in [0.2, 0.25) is 0 Å². The Morgan fingerprint density at radius 1 is 0.964 bits per heavy atom. The van der Waals surface area contributed by atoms with E-state index in [1.165, 1.54) is 11.1 Å². The van der Waals surface area contributed by atoms with Gasteiger partial charge in [0.05, 0.1) is 12.1 Å². The van der Waals surface area contributed by atoms with Crippen molar-refractivity contribution in [3.05, 3.63) is 77.6 Å². The molecule has 0 saturated heterocycles. The second-order valence-electron chi connectivity index (χ2n) is 8.52. The molecule has 1 aliphatic heterocycles. The Hall–Kier alpha value is -2.95. The van der Waals surface area contributed by atoms with Crippen molar-refractivity contribution in [1.82, 2.24) is 14.8 Å². The van der Waals surface area contributed by atoms with E-state index in [0.717, 1.165) is 12.0 Å². The van der Waals surface area contributed by atoms with Crippen LogP contribution in [0.25, 0.3) is 0 Å². The molecule has 0 radical (unpaired) electrons. The number of aryl methyl sites for hydroxylation is 1. The minimum absolute atomic E-state index is 0.0361. The van der Waals surface area contributed by atoms with Gasteiger partial charge in [0.15, 0.2) is 0 Å². The first-order valence-electron chi connectivity index (χ1n) is 9.71. The number of hydrogen-bond donors (Lipinski definition) is 0. The number of benzene rings is 2. The molecule has 0 bridgehead atoms. The molecule has 0 unspecified atom stereocenters. The molecular weight excluding hydrogens is 348 g/mol. The van der Waals surface area contributed by atoms with Gasteiger partial charge in [-0.05, 0) is 24.5 Å². The summed E-state index contributed by atoms with van der Waals surface area (Å²) in [5.74, 6) is 0.671. The average molecular weight is 374 g/mol. The van der Waals surface area contributed by atoms with Crippen LogP contribution in [0.1, 0.15) is 56.0 Å². The first-order valence-corrected chi connectivity index (χ1v) is 9.71. The zero-order chi connectivity index (χ0) is 19.9. The lowest BCUT2D eigenvalue weighted by atomic mass is 9.88. The molecule has 1 aliphatic rings. The number of anilines is 1. The SMILES string of the molecule is Cc1ccc([C@@H]2C[C@@H](c3ccccc3)n3ncnc3N2C(=O)C(C)(C)C)cc1. The Morgan fingerprint density at radius 3 is 2.25 bits per heavy atom. The highest BCUT2D eigenvalue weighted by molar-refractivity contribution is 5.96. The summed E-state index contributed by atoms with van der Waals surface area (Å²) in [7, 11) is 0. The molecule has 0 spiro atoms. The lowest BCUT2D eigenvalue weighted by Gasteiger charge is -2.41. The predicted molar refractivity (Wildman–Crippen MR) is 110 cm³/mol. The summed E-state index contributed by atoms with van der Waals surface area (Å²) in [5.41, 5.74) is 2.99. The van der Waals surface area contributed by atoms with Gasteiger partial charge in [0.25, 0.3) is 0 Å². The largest absolute Gasteiger partial charge is 0.274 e. The Bertz CT molecular complexity index is 970. The van der Waals surface area contributed by atoms with Crippen molar-refractivity contribution in [1.29, 1.82) is 0 Å². The van der Waals surface area contributed by atoms with Crippen LogP contribution < -0.4 is 4.90 Å². The molecule has 144 valence electrons. The second kappa shape index (κ2) is 6.89. The van der Waals surface area contributed by atoms with Crippen LogP contribution in [0.4, 0.5) is 5.95 Å². The normalized spacial score (nSPS) is 19.4. The minimum Gasteiger partial charge on any atom is -0.274 e. The molecule has 5 heteroatoms. The summed E-state index contributed by atoms with van der Waals surface area (Å²) in [6.45, 7) is 7.93. The maximum Gasteiger partial charge on any atom is 0.235 e. The highest BCUT2D eigenvalue weighted by atomic mass is 16.2. The zero-order valence-corrected chi connectivity index (χ0v) is 16.8. The van der Waals surface area contributed by atoms with Crippen molar-refractivity contribution in [3.63, 3.8) is 0 Å². The number of nitrogens with zero attached hydrogens (tertiary/aromatic N) is 4. The molecule has 2 aromatic carbocycles. The Kier molecular flexibility index (Phi) is 4.53. The van der Waals surface area contributed by atoms with E-state index < -0.39 is 5.41 Å². The molecule has 2 atom stereocenters. The molecule has 1 aromatic heterocycles. The van der Waals surface area contributed by atoms with Gasteiger partial charge >= 0.3 is 0 Å². The Labute approximate surface area is 166 Å². The van der Waals surface area contributed by atoms with Gasteiger partial charge in [-0.2, -0.15) is 10.1 Å². The monoisotopic (exact) mass is 374 g/mol. The van der Waals surface area contributed by atoms with E-state index in [0.29, 0.717) is 5.95 Å². The van der Waals surface area contributed by atoms with E-state index in [-0.39, 0.29) is 18.0 Å². The predicted octanol–water partition coefficient (Wildman–Crippen LogP) is 4.70. The van der Waals surface area contributed by atoms with E-state index in [4.69, 9.17) is 0 Å². The summed E-state index contributed by atoms with van der Waals surface area (Å²) in [5, 5.41) is 4.48. The third kappa shape index (κ3) is 3.21. The van der Waals surface area contributed by atoms with E-state index in [1.807, 2.05) is 48.6 Å². The van der Waals surface area contributed by atoms with E-state index in [1.54, 1.807) is 6.33 Å². The molecule has 0 aliphatic carbocycles. The van der Waals surface area contributed by atoms with Gasteiger partial charge in [-0.1, -0.05) is 80.9 Å². The third-order valence-electron chi connectivity index (χ3n) is 5.33. The smallest absolute Gasteiger partial charge is 0.235 e. The average Bonchev–Trinajstić information content (AvgIpc) is 3.16. The van der Waals surface area contributed by atoms with Gasteiger partial charge < -0.3 is 0 Å². The van der Waals surface area contributed by atoms with Crippen molar-refractivity contribution in [2.75, 3.05) is 4.90 Å². The molecule has 4 rings (SSSR count). The van der Waals surface area contributed by atoms with Crippen molar-refractivity contribution in [3.8, 4) is 0 Å². The van der Waals surface area contributed by atoms with Crippen molar-refractivity contribution >= 4 is 11.9 Å². The second-order valence-corrected chi connectivity index (χ2v) is 8.52. The van der Waals surface area contributed by atoms with Crippen LogP contribution in [0.3, 0.4) is 0 Å². The summed E-state index contributed by atoms with van der Waals surface area (Å²) >= 11 is 0. The Balaban J connectivity index is 1.86. The highest BCUT2D eigenvalue weighted by Crippen LogP contribution is 2.43. The number of hydrogen-bond acceptors (Lipinski definition) is 3. The number of fused-ring (bicyclic) bond motifs is 1. The van der Waals surface area contributed by atoms with Crippen molar-refractivity contribution < 1.29 is 4.79 Å². The summed E-state index contributed by atoms with van der Waals surface area (Å²) in [6, 6.07) is 18.7. The van der Waals surface area contributed by atoms with Crippen LogP contribution >= 0.6 is 0 Å². The molecule has 0 N–H and O–H groups in total. The van der Waals surface area contributed by atoms with Crippen LogP contribution in [-0.2, 0) is 4.79 Å². The summed E-state index contributed by atoms with van der Waals surface area (Å²) in [4.78, 5) is 19.8. The van der Waals surface area contributed by atoms with Gasteiger partial charge in [0.1, 0.15) is 6.33 Å². The standard InChI is InChI=1S/C23H26N4O/c1-16-10-12-18(13-11-16)19-14-20(17-8-6-5-7-9-17)27-22(24-15-25-27)26(19)21(28)23(2,3)4/h5-13,15,19-20H,14H2,1-4H3/t19-,20-/m0/s1. The first kappa shape index (κ1) is 18.4. The molecule has 1 amide bonds. The molecule has 2 heterocycles. The van der Waals surface area contributed by atoms with Crippen molar-refractivity contribution in [2.24, 2.45) is 5.41 Å². The quantitative estimate of drug-likeness (QED) is 0.653. The van der Waals surface area contributed by atoms with E-state index in [9.17, 15) is 4.79 Å². The number of carbonyl (C=O) groups is 1. The molecule has 3 aromatic rings. The molecule has 5 nitrogen and oxygen atoms in total. The molecule has 28 heavy (non-hydrogen) atoms. The van der Waals surface area contributed by atoms with Crippen LogP contribution in [0.5, 0.6) is 0 Å². The highest BCUT2D eigenvalue weighted by Gasteiger charge is 2.42. The maximum atomic E-state index is 13.4. The lowest BCUT2D eigenvalue weighted by Crippen LogP contribution is -2.47. The Morgan fingerprint density at radius 2 is 1.61 bits per heavy atom. The number of rotatable bonds is 2. The summed E-state index contributed by atoms with van der Waals surface area (Å²) < 4.78 is 1.89. The summed E-state index contributed by atoms with van der Waals surface area (Å²) in [6.07, 6.45) is 2.30. The molecular formula is C23H26N4O. The van der Waals surface area contributed by atoms with Gasteiger partial charge in [0.2, 0.25) is 11.9 Å². The molecule has 0 saturated carbocycles. The van der Waals surface area contributed by atoms with Gasteiger partial charge in [-0.15, -0.1) is 0 Å². The van der Waals surface area contributed by atoms with Gasteiger partial charge in [0, 0.05) is 5.41 Å². The van der Waals surface area contributed by atoms with E-state index >= 15 is 0 Å². The van der Waals surface area contributed by atoms with Gasteiger partial charge in [-0.25, -0.2) is 4.68 Å². The van der Waals surface area contributed by atoms with E-state index in [2.05, 4.69) is 53.4 Å². The fourth-order valence-electron chi connectivity index (χ4n) is 3.81. The number of aromatic nitrogens is 3. The first-order chi connectivity index (χ1) is 13.4. The number of carbonyl (C=O) groups excluding carboxylic acids is 1. The van der Waals surface area contributed by atoms with Crippen molar-refractivity contribution in [2.45, 2.75) is 46.2 Å². The fourth-order valence-corrected chi connectivity index (χ4v) is 3.81. The fraction of sp³-hybridized carbons (Fsp3) is 0.348. The van der Waals surface area contributed by atoms with Crippen LogP contribution in [-0.4, -0.2) is 20.7 Å². The maximum absolute atomic E-state index is 13.4. The zero-order valence-electron chi connectivity index (χ0n) is 16.8. The third-order valence-corrected chi connectivity index (χ3v) is 5.33.